The Bertz CT molecular complexity index is 205. The van der Waals surface area contributed by atoms with Gasteiger partial charge in [0.25, 0.3) is 0 Å². The van der Waals surface area contributed by atoms with Crippen LogP contribution in [0.4, 0.5) is 0 Å². The van der Waals surface area contributed by atoms with Gasteiger partial charge in [-0.2, -0.15) is 5.26 Å². The molecule has 0 saturated heterocycles. The number of nitrogens with zero attached hydrogens (tertiary/aromatic N) is 1. The molecule has 0 fully saturated rings. The molecule has 0 saturated carbocycles. The molecule has 0 bridgehead atoms. The lowest BCUT2D eigenvalue weighted by Gasteiger charge is -2.18. The van der Waals surface area contributed by atoms with Gasteiger partial charge in [0.15, 0.2) is 0 Å². The number of nitrogens with one attached hydrogen (secondary N) is 2. The molecule has 0 aromatic heterocycles. The highest BCUT2D eigenvalue weighted by Crippen LogP contribution is 2.08. The quantitative estimate of drug-likeness (QED) is 0.452. The summed E-state index contributed by atoms with van der Waals surface area (Å²) in [5.74, 6) is -0.0513. The maximum atomic E-state index is 8.95. The summed E-state index contributed by atoms with van der Waals surface area (Å²) >= 11 is 0. The van der Waals surface area contributed by atoms with Crippen molar-refractivity contribution in [3.05, 3.63) is 25.4 Å². The van der Waals surface area contributed by atoms with E-state index in [0.717, 1.165) is 19.5 Å². The van der Waals surface area contributed by atoms with Crippen molar-refractivity contribution in [3.8, 4) is 6.07 Å². The monoisotopic (exact) mass is 193 g/mol. The second-order valence-electron chi connectivity index (χ2n) is 3.01. The van der Waals surface area contributed by atoms with Gasteiger partial charge >= 0.3 is 0 Å². The summed E-state index contributed by atoms with van der Waals surface area (Å²) in [7, 11) is 0. The molecular formula is C11H19N3. The Morgan fingerprint density at radius 2 is 2.21 bits per heavy atom. The van der Waals surface area contributed by atoms with Gasteiger partial charge in [0.05, 0.1) is 18.0 Å². The van der Waals surface area contributed by atoms with Crippen LogP contribution in [0.2, 0.25) is 0 Å². The van der Waals surface area contributed by atoms with Crippen molar-refractivity contribution in [1.82, 2.24) is 10.6 Å². The zero-order valence-electron chi connectivity index (χ0n) is 8.79. The summed E-state index contributed by atoms with van der Waals surface area (Å²) in [6.07, 6.45) is 4.17. The Morgan fingerprint density at radius 3 is 2.64 bits per heavy atom. The first kappa shape index (κ1) is 12.7. The molecule has 0 aliphatic rings. The van der Waals surface area contributed by atoms with E-state index in [2.05, 4.69) is 29.9 Å². The van der Waals surface area contributed by atoms with Crippen molar-refractivity contribution in [2.75, 3.05) is 13.1 Å². The second kappa shape index (κ2) is 8.33. The van der Waals surface area contributed by atoms with E-state index in [-0.39, 0.29) is 12.0 Å². The molecular weight excluding hydrogens is 174 g/mol. The van der Waals surface area contributed by atoms with Crippen molar-refractivity contribution in [2.24, 2.45) is 5.92 Å². The largest absolute Gasteiger partial charge is 0.384 e. The average molecular weight is 193 g/mol. The zero-order chi connectivity index (χ0) is 10.8. The van der Waals surface area contributed by atoms with Crippen molar-refractivity contribution < 1.29 is 0 Å². The Hall–Kier alpha value is -1.27. The number of nitriles is 1. The lowest BCUT2D eigenvalue weighted by molar-refractivity contribution is 0.482. The highest BCUT2D eigenvalue weighted by Gasteiger charge is 2.15. The van der Waals surface area contributed by atoms with Gasteiger partial charge in [0.2, 0.25) is 0 Å². The molecule has 0 heterocycles. The first-order valence-electron chi connectivity index (χ1n) is 4.90. The maximum Gasteiger partial charge on any atom is 0.0712 e. The summed E-state index contributed by atoms with van der Waals surface area (Å²) < 4.78 is 0. The Labute approximate surface area is 86.5 Å². The highest BCUT2D eigenvalue weighted by atomic mass is 14.9. The minimum Gasteiger partial charge on any atom is -0.384 e. The van der Waals surface area contributed by atoms with Crippen LogP contribution in [0.25, 0.3) is 0 Å². The summed E-state index contributed by atoms with van der Waals surface area (Å²) in [5.41, 5.74) is 0. The summed E-state index contributed by atoms with van der Waals surface area (Å²) in [6.45, 7) is 11.1. The van der Waals surface area contributed by atoms with Gasteiger partial charge in [-0.25, -0.2) is 0 Å². The van der Waals surface area contributed by atoms with E-state index in [0.29, 0.717) is 0 Å². The van der Waals surface area contributed by atoms with E-state index in [1.54, 1.807) is 12.3 Å². The van der Waals surface area contributed by atoms with Crippen LogP contribution in [0.3, 0.4) is 0 Å². The molecule has 0 amide bonds. The lowest BCUT2D eigenvalue weighted by atomic mass is 9.98. The standard InChI is InChI=1S/C11H19N3/c1-4-11(14-6-3)10(9-12)7-8-13-5-2/h4,6,10-11,13-14H,1,3,5,7-8H2,2H3. The van der Waals surface area contributed by atoms with Gasteiger partial charge in [0.1, 0.15) is 0 Å². The molecule has 3 nitrogen and oxygen atoms in total. The molecule has 0 aromatic carbocycles. The summed E-state index contributed by atoms with van der Waals surface area (Å²) in [4.78, 5) is 0. The molecule has 78 valence electrons. The fourth-order valence-corrected chi connectivity index (χ4v) is 1.24. The van der Waals surface area contributed by atoms with Crippen molar-refractivity contribution in [1.29, 1.82) is 5.26 Å². The molecule has 0 radical (unpaired) electrons. The van der Waals surface area contributed by atoms with Gasteiger partial charge in [-0.3, -0.25) is 0 Å². The van der Waals surface area contributed by atoms with Gasteiger partial charge in [0, 0.05) is 0 Å². The van der Waals surface area contributed by atoms with Gasteiger partial charge in [-0.15, -0.1) is 6.58 Å². The number of hydrogen-bond acceptors (Lipinski definition) is 3. The molecule has 0 rings (SSSR count). The maximum absolute atomic E-state index is 8.95. The minimum atomic E-state index is -0.0513. The Morgan fingerprint density at radius 1 is 1.50 bits per heavy atom. The van der Waals surface area contributed by atoms with Crippen LogP contribution in [0, 0.1) is 17.2 Å². The molecule has 0 spiro atoms. The van der Waals surface area contributed by atoms with Crippen molar-refractivity contribution in [2.45, 2.75) is 19.4 Å². The van der Waals surface area contributed by atoms with Crippen molar-refractivity contribution in [3.63, 3.8) is 0 Å². The van der Waals surface area contributed by atoms with Crippen LogP contribution < -0.4 is 10.6 Å². The van der Waals surface area contributed by atoms with Crippen LogP contribution >= 0.6 is 0 Å². The molecule has 2 atom stereocenters. The lowest BCUT2D eigenvalue weighted by Crippen LogP contribution is -2.32. The fraction of sp³-hybridized carbons (Fsp3) is 0.545. The van der Waals surface area contributed by atoms with Crippen LogP contribution in [0.5, 0.6) is 0 Å². The Balaban J connectivity index is 4.02. The van der Waals surface area contributed by atoms with Crippen LogP contribution in [0.15, 0.2) is 25.4 Å². The van der Waals surface area contributed by atoms with E-state index in [1.807, 2.05) is 6.92 Å². The van der Waals surface area contributed by atoms with Crippen LogP contribution in [0.1, 0.15) is 13.3 Å². The fourth-order valence-electron chi connectivity index (χ4n) is 1.24. The van der Waals surface area contributed by atoms with Crippen molar-refractivity contribution >= 4 is 0 Å². The predicted molar refractivity (Wildman–Crippen MR) is 59.6 cm³/mol. The number of rotatable bonds is 8. The molecule has 2 N–H and O–H groups in total. The van der Waals surface area contributed by atoms with Crippen LogP contribution in [-0.2, 0) is 0 Å². The van der Waals surface area contributed by atoms with E-state index in [4.69, 9.17) is 5.26 Å². The first-order valence-corrected chi connectivity index (χ1v) is 4.90. The molecule has 14 heavy (non-hydrogen) atoms. The van der Waals surface area contributed by atoms with Crippen LogP contribution in [-0.4, -0.2) is 19.1 Å². The molecule has 3 heteroatoms. The van der Waals surface area contributed by atoms with Gasteiger partial charge in [-0.1, -0.05) is 19.6 Å². The Kier molecular flexibility index (Phi) is 7.58. The third-order valence-corrected chi connectivity index (χ3v) is 2.05. The highest BCUT2D eigenvalue weighted by molar-refractivity contribution is 5.02. The van der Waals surface area contributed by atoms with E-state index in [1.165, 1.54) is 0 Å². The first-order chi connectivity index (χ1) is 6.79. The topological polar surface area (TPSA) is 47.9 Å². The van der Waals surface area contributed by atoms with E-state index >= 15 is 0 Å². The van der Waals surface area contributed by atoms with E-state index in [9.17, 15) is 0 Å². The smallest absolute Gasteiger partial charge is 0.0712 e. The summed E-state index contributed by atoms with van der Waals surface area (Å²) in [6, 6.07) is 2.27. The number of hydrogen-bond donors (Lipinski definition) is 2. The SMILES string of the molecule is C=CNC(C=C)C(C#N)CCNCC. The minimum absolute atomic E-state index is 0.00356. The van der Waals surface area contributed by atoms with Gasteiger partial charge < -0.3 is 10.6 Å². The predicted octanol–water partition coefficient (Wildman–Crippen LogP) is 1.41. The second-order valence-corrected chi connectivity index (χ2v) is 3.01. The normalized spacial score (nSPS) is 13.7. The third-order valence-electron chi connectivity index (χ3n) is 2.05. The average Bonchev–Trinajstić information content (AvgIpc) is 2.22. The summed E-state index contributed by atoms with van der Waals surface area (Å²) in [5, 5.41) is 15.2. The third kappa shape index (κ3) is 4.68. The molecule has 2 unspecified atom stereocenters. The molecule has 0 aliphatic carbocycles. The zero-order valence-corrected chi connectivity index (χ0v) is 8.79. The van der Waals surface area contributed by atoms with Gasteiger partial charge in [-0.05, 0) is 25.7 Å². The molecule has 0 aliphatic heterocycles. The van der Waals surface area contributed by atoms with E-state index < -0.39 is 0 Å². The molecule has 0 aromatic rings.